The number of rotatable bonds is 4. The third-order valence-corrected chi connectivity index (χ3v) is 3.32. The summed E-state index contributed by atoms with van der Waals surface area (Å²) in [6.45, 7) is 1.98. The van der Waals surface area contributed by atoms with Gasteiger partial charge in [-0.15, -0.1) is 0 Å². The van der Waals surface area contributed by atoms with Crippen LogP contribution in [0.25, 0.3) is 0 Å². The molecule has 88 valence electrons. The van der Waals surface area contributed by atoms with Crippen molar-refractivity contribution in [3.63, 3.8) is 0 Å². The number of aryl methyl sites for hydroxylation is 1. The summed E-state index contributed by atoms with van der Waals surface area (Å²) in [5, 5.41) is 0. The van der Waals surface area contributed by atoms with Crippen molar-refractivity contribution >= 4 is 0 Å². The van der Waals surface area contributed by atoms with Gasteiger partial charge in [-0.3, -0.25) is 0 Å². The van der Waals surface area contributed by atoms with Crippen LogP contribution in [0.15, 0.2) is 18.2 Å². The fourth-order valence-electron chi connectivity index (χ4n) is 2.18. The van der Waals surface area contributed by atoms with Crippen LogP contribution < -0.4 is 10.5 Å². The summed E-state index contributed by atoms with van der Waals surface area (Å²) in [7, 11) is 1.57. The van der Waals surface area contributed by atoms with Gasteiger partial charge in [0.25, 0.3) is 0 Å². The molecule has 1 aromatic carbocycles. The Labute approximate surface area is 95.6 Å². The van der Waals surface area contributed by atoms with Gasteiger partial charge in [0.2, 0.25) is 0 Å². The van der Waals surface area contributed by atoms with Crippen molar-refractivity contribution in [1.29, 1.82) is 0 Å². The first kappa shape index (κ1) is 11.4. The highest BCUT2D eigenvalue weighted by molar-refractivity contribution is 5.42. The number of ether oxygens (including phenoxy) is 1. The molecule has 1 aliphatic rings. The van der Waals surface area contributed by atoms with Crippen molar-refractivity contribution in [1.82, 2.24) is 0 Å². The van der Waals surface area contributed by atoms with Crippen molar-refractivity contribution in [2.75, 3.05) is 13.7 Å². The second-order valence-corrected chi connectivity index (χ2v) is 4.54. The second-order valence-electron chi connectivity index (χ2n) is 4.54. The van der Waals surface area contributed by atoms with Crippen LogP contribution >= 0.6 is 0 Å². The predicted octanol–water partition coefficient (Wildman–Crippen LogP) is 2.54. The SMILES string of the molecule is COc1ccc(C)cc1C(F)(CN)C1CC1. The summed E-state index contributed by atoms with van der Waals surface area (Å²) in [4.78, 5) is 0. The van der Waals surface area contributed by atoms with E-state index in [2.05, 4.69) is 0 Å². The number of alkyl halides is 1. The predicted molar refractivity (Wildman–Crippen MR) is 62.3 cm³/mol. The van der Waals surface area contributed by atoms with Crippen molar-refractivity contribution in [3.8, 4) is 5.75 Å². The smallest absolute Gasteiger partial charge is 0.154 e. The molecule has 2 nitrogen and oxygen atoms in total. The molecule has 1 unspecified atom stereocenters. The lowest BCUT2D eigenvalue weighted by atomic mass is 9.89. The summed E-state index contributed by atoms with van der Waals surface area (Å²) < 4.78 is 20.1. The minimum Gasteiger partial charge on any atom is -0.496 e. The maximum absolute atomic E-state index is 14.9. The Bertz CT molecular complexity index is 390. The minimum absolute atomic E-state index is 0.0253. The van der Waals surface area contributed by atoms with Gasteiger partial charge < -0.3 is 10.5 Å². The highest BCUT2D eigenvalue weighted by Gasteiger charge is 2.47. The molecule has 0 heterocycles. The van der Waals surface area contributed by atoms with E-state index in [1.165, 1.54) is 0 Å². The zero-order valence-electron chi connectivity index (χ0n) is 9.79. The molecule has 0 radical (unpaired) electrons. The number of benzene rings is 1. The summed E-state index contributed by atoms with van der Waals surface area (Å²) in [5.74, 6) is 0.665. The van der Waals surface area contributed by atoms with E-state index in [-0.39, 0.29) is 12.5 Å². The van der Waals surface area contributed by atoms with Gasteiger partial charge in [0.15, 0.2) is 5.67 Å². The van der Waals surface area contributed by atoms with Crippen LogP contribution in [0, 0.1) is 12.8 Å². The number of hydrogen-bond donors (Lipinski definition) is 1. The molecule has 0 aliphatic heterocycles. The zero-order valence-corrected chi connectivity index (χ0v) is 9.79. The molecule has 1 atom stereocenters. The van der Waals surface area contributed by atoms with Crippen molar-refractivity contribution in [2.24, 2.45) is 11.7 Å². The fraction of sp³-hybridized carbons (Fsp3) is 0.538. The molecule has 16 heavy (non-hydrogen) atoms. The van der Waals surface area contributed by atoms with Gasteiger partial charge in [0, 0.05) is 12.1 Å². The van der Waals surface area contributed by atoms with Crippen LogP contribution in [0.1, 0.15) is 24.0 Å². The van der Waals surface area contributed by atoms with E-state index in [0.717, 1.165) is 18.4 Å². The average Bonchev–Trinajstić information content (AvgIpc) is 3.12. The lowest BCUT2D eigenvalue weighted by Crippen LogP contribution is -2.33. The molecule has 1 aliphatic carbocycles. The highest BCUT2D eigenvalue weighted by Crippen LogP contribution is 2.50. The fourth-order valence-corrected chi connectivity index (χ4v) is 2.18. The Balaban J connectivity index is 2.47. The summed E-state index contributed by atoms with van der Waals surface area (Å²) in [6, 6.07) is 5.59. The maximum atomic E-state index is 14.9. The van der Waals surface area contributed by atoms with E-state index in [4.69, 9.17) is 10.5 Å². The lowest BCUT2D eigenvalue weighted by Gasteiger charge is -2.26. The Kier molecular flexibility index (Phi) is 2.89. The molecule has 1 fully saturated rings. The second kappa shape index (κ2) is 4.06. The van der Waals surface area contributed by atoms with E-state index in [9.17, 15) is 4.39 Å². The largest absolute Gasteiger partial charge is 0.496 e. The van der Waals surface area contributed by atoms with E-state index >= 15 is 0 Å². The van der Waals surface area contributed by atoms with E-state index in [0.29, 0.717) is 11.3 Å². The monoisotopic (exact) mass is 223 g/mol. The Morgan fingerprint density at radius 1 is 1.50 bits per heavy atom. The minimum atomic E-state index is -1.42. The molecule has 0 amide bonds. The van der Waals surface area contributed by atoms with Gasteiger partial charge in [-0.25, -0.2) is 4.39 Å². The van der Waals surface area contributed by atoms with Gasteiger partial charge in [-0.05, 0) is 37.8 Å². The quantitative estimate of drug-likeness (QED) is 0.851. The first-order valence-electron chi connectivity index (χ1n) is 5.66. The maximum Gasteiger partial charge on any atom is 0.154 e. The molecular weight excluding hydrogens is 205 g/mol. The lowest BCUT2D eigenvalue weighted by molar-refractivity contribution is 0.138. The third kappa shape index (κ3) is 1.80. The normalized spacial score (nSPS) is 19.2. The average molecular weight is 223 g/mol. The number of nitrogens with two attached hydrogens (primary N) is 1. The molecule has 0 aromatic heterocycles. The van der Waals surface area contributed by atoms with Gasteiger partial charge in [0.1, 0.15) is 5.75 Å². The van der Waals surface area contributed by atoms with E-state index < -0.39 is 5.67 Å². The highest BCUT2D eigenvalue weighted by atomic mass is 19.1. The molecule has 0 bridgehead atoms. The van der Waals surface area contributed by atoms with Gasteiger partial charge >= 0.3 is 0 Å². The van der Waals surface area contributed by atoms with Crippen LogP contribution in [-0.2, 0) is 5.67 Å². The Morgan fingerprint density at radius 2 is 2.19 bits per heavy atom. The number of hydrogen-bond acceptors (Lipinski definition) is 2. The van der Waals surface area contributed by atoms with E-state index in [1.807, 2.05) is 25.1 Å². The molecule has 1 aromatic rings. The first-order valence-corrected chi connectivity index (χ1v) is 5.66. The van der Waals surface area contributed by atoms with Crippen molar-refractivity contribution in [3.05, 3.63) is 29.3 Å². The molecule has 1 saturated carbocycles. The summed E-state index contributed by atoms with van der Waals surface area (Å²) >= 11 is 0. The molecule has 0 saturated heterocycles. The van der Waals surface area contributed by atoms with Crippen molar-refractivity contribution < 1.29 is 9.13 Å². The molecule has 3 heteroatoms. The van der Waals surface area contributed by atoms with Crippen LogP contribution in [0.5, 0.6) is 5.75 Å². The third-order valence-electron chi connectivity index (χ3n) is 3.32. The first-order chi connectivity index (χ1) is 7.61. The molecule has 2 N–H and O–H groups in total. The van der Waals surface area contributed by atoms with Crippen LogP contribution in [-0.4, -0.2) is 13.7 Å². The zero-order chi connectivity index (χ0) is 11.8. The standard InChI is InChI=1S/C13H18FNO/c1-9-3-6-12(16-2)11(7-9)13(14,8-15)10-4-5-10/h3,6-7,10H,4-5,8,15H2,1-2H3. The topological polar surface area (TPSA) is 35.2 Å². The number of methoxy groups -OCH3 is 1. The van der Waals surface area contributed by atoms with E-state index in [1.54, 1.807) is 7.11 Å². The van der Waals surface area contributed by atoms with Gasteiger partial charge in [-0.1, -0.05) is 11.6 Å². The Hall–Kier alpha value is -1.09. The van der Waals surface area contributed by atoms with Gasteiger partial charge in [-0.2, -0.15) is 0 Å². The van der Waals surface area contributed by atoms with Crippen LogP contribution in [0.2, 0.25) is 0 Å². The van der Waals surface area contributed by atoms with Crippen LogP contribution in [0.3, 0.4) is 0 Å². The number of halogens is 1. The Morgan fingerprint density at radius 3 is 2.69 bits per heavy atom. The summed E-state index contributed by atoms with van der Waals surface area (Å²) in [5.41, 5.74) is 5.85. The van der Waals surface area contributed by atoms with Crippen molar-refractivity contribution in [2.45, 2.75) is 25.4 Å². The molecule has 0 spiro atoms. The van der Waals surface area contributed by atoms with Gasteiger partial charge in [0.05, 0.1) is 7.11 Å². The summed E-state index contributed by atoms with van der Waals surface area (Å²) in [6.07, 6.45) is 1.84. The van der Waals surface area contributed by atoms with Crippen LogP contribution in [0.4, 0.5) is 4.39 Å². The molecular formula is C13H18FNO. The molecule has 2 rings (SSSR count).